The molecule has 0 saturated carbocycles. The molecular formula is C18H31N3. The normalized spacial score (nSPS) is 19.9. The molecule has 0 amide bonds. The topological polar surface area (TPSA) is 28.2 Å². The number of pyridine rings is 1. The second kappa shape index (κ2) is 7.79. The summed E-state index contributed by atoms with van der Waals surface area (Å²) in [5.41, 5.74) is 2.49. The van der Waals surface area contributed by atoms with E-state index in [9.17, 15) is 0 Å². The van der Waals surface area contributed by atoms with Crippen molar-refractivity contribution in [3.63, 3.8) is 0 Å². The van der Waals surface area contributed by atoms with E-state index in [1.165, 1.54) is 30.5 Å². The Labute approximate surface area is 130 Å². The summed E-state index contributed by atoms with van der Waals surface area (Å²) in [4.78, 5) is 7.31. The van der Waals surface area contributed by atoms with Gasteiger partial charge in [-0.15, -0.1) is 0 Å². The standard InChI is InChI=1S/C18H31N3/c1-14(2)12-19-13-17-7-8-18(20-16(17)4)21-10-5-6-15(3)9-11-21/h7-8,14-15,19H,5-6,9-13H2,1-4H3. The van der Waals surface area contributed by atoms with Gasteiger partial charge < -0.3 is 10.2 Å². The van der Waals surface area contributed by atoms with Gasteiger partial charge in [-0.05, 0) is 56.2 Å². The summed E-state index contributed by atoms with van der Waals surface area (Å²) in [6, 6.07) is 4.45. The van der Waals surface area contributed by atoms with Crippen molar-refractivity contribution >= 4 is 5.82 Å². The Morgan fingerprint density at radius 1 is 1.29 bits per heavy atom. The van der Waals surface area contributed by atoms with E-state index >= 15 is 0 Å². The molecule has 118 valence electrons. The molecule has 1 unspecified atom stereocenters. The van der Waals surface area contributed by atoms with Crippen molar-refractivity contribution in [2.75, 3.05) is 24.5 Å². The third kappa shape index (κ3) is 4.99. The maximum atomic E-state index is 4.85. The van der Waals surface area contributed by atoms with Crippen molar-refractivity contribution in [1.82, 2.24) is 10.3 Å². The minimum atomic E-state index is 0.691. The van der Waals surface area contributed by atoms with Gasteiger partial charge in [-0.3, -0.25) is 0 Å². The van der Waals surface area contributed by atoms with Crippen LogP contribution < -0.4 is 10.2 Å². The molecule has 2 heterocycles. The highest BCUT2D eigenvalue weighted by molar-refractivity contribution is 5.41. The Balaban J connectivity index is 1.97. The lowest BCUT2D eigenvalue weighted by atomic mass is 10.0. The highest BCUT2D eigenvalue weighted by Gasteiger charge is 2.15. The molecule has 0 aliphatic carbocycles. The zero-order chi connectivity index (χ0) is 15.2. The Kier molecular flexibility index (Phi) is 6.04. The zero-order valence-corrected chi connectivity index (χ0v) is 14.2. The van der Waals surface area contributed by atoms with E-state index in [4.69, 9.17) is 4.98 Å². The van der Waals surface area contributed by atoms with E-state index in [0.717, 1.165) is 37.9 Å². The quantitative estimate of drug-likeness (QED) is 0.894. The lowest BCUT2D eigenvalue weighted by Gasteiger charge is -2.22. The fraction of sp³-hybridized carbons (Fsp3) is 0.722. The van der Waals surface area contributed by atoms with E-state index in [1.54, 1.807) is 0 Å². The Bertz CT molecular complexity index is 442. The average Bonchev–Trinajstić information content (AvgIpc) is 2.65. The first kappa shape index (κ1) is 16.3. The van der Waals surface area contributed by atoms with Crippen LogP contribution in [0.2, 0.25) is 0 Å². The maximum absolute atomic E-state index is 4.85. The van der Waals surface area contributed by atoms with Gasteiger partial charge in [0.15, 0.2) is 0 Å². The minimum Gasteiger partial charge on any atom is -0.357 e. The third-order valence-electron chi connectivity index (χ3n) is 4.39. The molecule has 0 bridgehead atoms. The fourth-order valence-electron chi connectivity index (χ4n) is 2.93. The van der Waals surface area contributed by atoms with Crippen LogP contribution in [0.1, 0.15) is 51.3 Å². The number of nitrogens with one attached hydrogen (secondary N) is 1. The Hall–Kier alpha value is -1.09. The monoisotopic (exact) mass is 289 g/mol. The van der Waals surface area contributed by atoms with E-state index in [0.29, 0.717) is 5.92 Å². The van der Waals surface area contributed by atoms with Gasteiger partial charge >= 0.3 is 0 Å². The molecule has 0 spiro atoms. The first-order valence-electron chi connectivity index (χ1n) is 8.48. The summed E-state index contributed by atoms with van der Waals surface area (Å²) in [7, 11) is 0. The smallest absolute Gasteiger partial charge is 0.128 e. The molecule has 1 saturated heterocycles. The average molecular weight is 289 g/mol. The van der Waals surface area contributed by atoms with Crippen LogP contribution in [0.3, 0.4) is 0 Å². The number of hydrogen-bond donors (Lipinski definition) is 1. The fourth-order valence-corrected chi connectivity index (χ4v) is 2.93. The van der Waals surface area contributed by atoms with Crippen molar-refractivity contribution in [2.45, 2.75) is 53.5 Å². The summed E-state index contributed by atoms with van der Waals surface area (Å²) in [5, 5.41) is 3.50. The summed E-state index contributed by atoms with van der Waals surface area (Å²) < 4.78 is 0. The molecule has 1 N–H and O–H groups in total. The van der Waals surface area contributed by atoms with Crippen LogP contribution >= 0.6 is 0 Å². The molecular weight excluding hydrogens is 258 g/mol. The maximum Gasteiger partial charge on any atom is 0.128 e. The van der Waals surface area contributed by atoms with Crippen LogP contribution in [0.5, 0.6) is 0 Å². The van der Waals surface area contributed by atoms with Gasteiger partial charge in [0.1, 0.15) is 5.82 Å². The number of aryl methyl sites for hydroxylation is 1. The van der Waals surface area contributed by atoms with Crippen LogP contribution in [0.25, 0.3) is 0 Å². The lowest BCUT2D eigenvalue weighted by molar-refractivity contribution is 0.521. The van der Waals surface area contributed by atoms with Gasteiger partial charge in [-0.1, -0.05) is 26.8 Å². The molecule has 3 heteroatoms. The van der Waals surface area contributed by atoms with Gasteiger partial charge in [0.2, 0.25) is 0 Å². The molecule has 1 aliphatic heterocycles. The van der Waals surface area contributed by atoms with Crippen molar-refractivity contribution < 1.29 is 0 Å². The third-order valence-corrected chi connectivity index (χ3v) is 4.39. The number of rotatable bonds is 5. The lowest BCUT2D eigenvalue weighted by Crippen LogP contribution is -2.26. The first-order chi connectivity index (χ1) is 10.1. The van der Waals surface area contributed by atoms with Crippen LogP contribution in [-0.2, 0) is 6.54 Å². The predicted molar refractivity (Wildman–Crippen MR) is 90.7 cm³/mol. The highest BCUT2D eigenvalue weighted by Crippen LogP contribution is 2.22. The summed E-state index contributed by atoms with van der Waals surface area (Å²) in [6.45, 7) is 13.3. The van der Waals surface area contributed by atoms with Crippen LogP contribution in [-0.4, -0.2) is 24.6 Å². The van der Waals surface area contributed by atoms with Crippen LogP contribution in [0, 0.1) is 18.8 Å². The van der Waals surface area contributed by atoms with E-state index < -0.39 is 0 Å². The zero-order valence-electron chi connectivity index (χ0n) is 14.2. The molecule has 1 atom stereocenters. The van der Waals surface area contributed by atoms with Crippen molar-refractivity contribution in [3.05, 3.63) is 23.4 Å². The molecule has 0 radical (unpaired) electrons. The molecule has 1 aliphatic rings. The largest absolute Gasteiger partial charge is 0.357 e. The Morgan fingerprint density at radius 2 is 2.10 bits per heavy atom. The van der Waals surface area contributed by atoms with Crippen LogP contribution in [0.15, 0.2) is 12.1 Å². The van der Waals surface area contributed by atoms with Gasteiger partial charge in [-0.2, -0.15) is 0 Å². The molecule has 1 aromatic rings. The number of nitrogens with zero attached hydrogens (tertiary/aromatic N) is 2. The van der Waals surface area contributed by atoms with Gasteiger partial charge in [0, 0.05) is 25.3 Å². The van der Waals surface area contributed by atoms with Crippen molar-refractivity contribution in [3.8, 4) is 0 Å². The number of hydrogen-bond acceptors (Lipinski definition) is 3. The Morgan fingerprint density at radius 3 is 2.81 bits per heavy atom. The van der Waals surface area contributed by atoms with E-state index in [2.05, 4.69) is 50.0 Å². The summed E-state index contributed by atoms with van der Waals surface area (Å²) >= 11 is 0. The molecule has 1 aromatic heterocycles. The van der Waals surface area contributed by atoms with Crippen LogP contribution in [0.4, 0.5) is 5.82 Å². The van der Waals surface area contributed by atoms with Crippen molar-refractivity contribution in [1.29, 1.82) is 0 Å². The second-order valence-corrected chi connectivity index (χ2v) is 6.96. The minimum absolute atomic E-state index is 0.691. The van der Waals surface area contributed by atoms with Crippen molar-refractivity contribution in [2.24, 2.45) is 11.8 Å². The van der Waals surface area contributed by atoms with Gasteiger partial charge in [-0.25, -0.2) is 4.98 Å². The molecule has 0 aromatic carbocycles. The summed E-state index contributed by atoms with van der Waals surface area (Å²) in [6.07, 6.45) is 3.94. The summed E-state index contributed by atoms with van der Waals surface area (Å²) in [5.74, 6) is 2.71. The molecule has 2 rings (SSSR count). The second-order valence-electron chi connectivity index (χ2n) is 6.96. The van der Waals surface area contributed by atoms with E-state index in [1.807, 2.05) is 0 Å². The SMILES string of the molecule is Cc1nc(N2CCCC(C)CC2)ccc1CNCC(C)C. The highest BCUT2D eigenvalue weighted by atomic mass is 15.2. The first-order valence-corrected chi connectivity index (χ1v) is 8.48. The van der Waals surface area contributed by atoms with Gasteiger partial charge in [0.25, 0.3) is 0 Å². The molecule has 1 fully saturated rings. The number of aromatic nitrogens is 1. The predicted octanol–water partition coefficient (Wildman–Crippen LogP) is 3.76. The number of anilines is 1. The van der Waals surface area contributed by atoms with Gasteiger partial charge in [0.05, 0.1) is 0 Å². The molecule has 21 heavy (non-hydrogen) atoms. The molecule has 3 nitrogen and oxygen atoms in total. The van der Waals surface area contributed by atoms with E-state index in [-0.39, 0.29) is 0 Å².